The van der Waals surface area contributed by atoms with Gasteiger partial charge in [-0.25, -0.2) is 0 Å². The van der Waals surface area contributed by atoms with Crippen LogP contribution >= 0.6 is 12.4 Å². The third kappa shape index (κ3) is 10.2. The van der Waals surface area contributed by atoms with Crippen molar-refractivity contribution in [2.24, 2.45) is 0 Å². The van der Waals surface area contributed by atoms with Gasteiger partial charge in [0.25, 0.3) is 0 Å². The van der Waals surface area contributed by atoms with E-state index < -0.39 is 0 Å². The Morgan fingerprint density at radius 3 is 1.55 bits per heavy atom. The van der Waals surface area contributed by atoms with Gasteiger partial charge in [-0.05, 0) is 33.0 Å². The Kier molecular flexibility index (Phi) is 12.9. The highest BCUT2D eigenvalue weighted by Crippen LogP contribution is 1.94. The monoisotopic (exact) mass is 179 g/mol. The van der Waals surface area contributed by atoms with Crippen LogP contribution in [0, 0.1) is 0 Å². The lowest BCUT2D eigenvalue weighted by Crippen LogP contribution is -2.20. The summed E-state index contributed by atoms with van der Waals surface area (Å²) in [4.78, 5) is 2.42. The maximum atomic E-state index is 2.42. The van der Waals surface area contributed by atoms with Crippen molar-refractivity contribution in [2.45, 2.75) is 39.5 Å². The van der Waals surface area contributed by atoms with Crippen LogP contribution in [0.3, 0.4) is 0 Å². The van der Waals surface area contributed by atoms with E-state index >= 15 is 0 Å². The van der Waals surface area contributed by atoms with Crippen LogP contribution in [0.2, 0.25) is 0 Å². The second kappa shape index (κ2) is 10.2. The molecule has 0 aromatic heterocycles. The molecule has 0 aliphatic rings. The minimum absolute atomic E-state index is 0. The summed E-state index contributed by atoms with van der Waals surface area (Å²) in [5, 5.41) is 0. The van der Waals surface area contributed by atoms with Gasteiger partial charge in [-0.2, -0.15) is 0 Å². The molecule has 0 amide bonds. The van der Waals surface area contributed by atoms with Crippen LogP contribution in [0.4, 0.5) is 0 Å². The average Bonchev–Trinajstić information content (AvgIpc) is 1.97. The predicted octanol–water partition coefficient (Wildman–Crippen LogP) is 2.94. The zero-order valence-electron chi connectivity index (χ0n) is 8.10. The highest BCUT2D eigenvalue weighted by Gasteiger charge is 1.94. The maximum Gasteiger partial charge on any atom is -0.00219 e. The molecule has 0 heterocycles. The molecular formula is C9H22ClN. The minimum atomic E-state index is 0. The minimum Gasteiger partial charge on any atom is -0.306 e. The molecular weight excluding hydrogens is 158 g/mol. The summed E-state index contributed by atoms with van der Waals surface area (Å²) in [6.45, 7) is 7.04. The van der Waals surface area contributed by atoms with Crippen LogP contribution in [0.1, 0.15) is 39.5 Å². The molecule has 11 heavy (non-hydrogen) atoms. The Morgan fingerprint density at radius 2 is 1.27 bits per heavy atom. The average molecular weight is 180 g/mol. The van der Waals surface area contributed by atoms with E-state index in [0.29, 0.717) is 0 Å². The summed E-state index contributed by atoms with van der Waals surface area (Å²) in [6.07, 6.45) is 5.33. The molecule has 70 valence electrons. The van der Waals surface area contributed by atoms with Crippen LogP contribution in [0.15, 0.2) is 0 Å². The van der Waals surface area contributed by atoms with E-state index in [1.165, 1.54) is 38.8 Å². The number of halogens is 1. The second-order valence-corrected chi connectivity index (χ2v) is 3.01. The Hall–Kier alpha value is 0.250. The molecule has 0 bridgehead atoms. The van der Waals surface area contributed by atoms with Crippen molar-refractivity contribution in [1.82, 2.24) is 4.90 Å². The van der Waals surface area contributed by atoms with Gasteiger partial charge >= 0.3 is 0 Å². The number of unbranched alkanes of at least 4 members (excludes halogenated alkanes) is 2. The molecule has 0 aromatic carbocycles. The van der Waals surface area contributed by atoms with Crippen molar-refractivity contribution in [1.29, 1.82) is 0 Å². The molecule has 2 heteroatoms. The van der Waals surface area contributed by atoms with Gasteiger partial charge in [0.2, 0.25) is 0 Å². The molecule has 0 aliphatic heterocycles. The van der Waals surface area contributed by atoms with E-state index in [9.17, 15) is 0 Å². The summed E-state index contributed by atoms with van der Waals surface area (Å²) < 4.78 is 0. The van der Waals surface area contributed by atoms with E-state index in [1.54, 1.807) is 0 Å². The first-order chi connectivity index (χ1) is 4.81. The molecule has 0 saturated carbocycles. The first kappa shape index (κ1) is 13.8. The van der Waals surface area contributed by atoms with Crippen molar-refractivity contribution in [3.05, 3.63) is 0 Å². The van der Waals surface area contributed by atoms with Crippen LogP contribution < -0.4 is 0 Å². The van der Waals surface area contributed by atoms with Gasteiger partial charge in [-0.3, -0.25) is 0 Å². The van der Waals surface area contributed by atoms with E-state index in [4.69, 9.17) is 0 Å². The quantitative estimate of drug-likeness (QED) is 0.606. The van der Waals surface area contributed by atoms with E-state index in [-0.39, 0.29) is 12.4 Å². The molecule has 0 radical (unpaired) electrons. The highest BCUT2D eigenvalue weighted by molar-refractivity contribution is 5.85. The zero-order chi connectivity index (χ0) is 7.82. The number of nitrogens with zero attached hydrogens (tertiary/aromatic N) is 1. The molecule has 0 aliphatic carbocycles. The topological polar surface area (TPSA) is 3.24 Å². The number of hydrogen-bond donors (Lipinski definition) is 0. The zero-order valence-corrected chi connectivity index (χ0v) is 8.91. The first-order valence-electron chi connectivity index (χ1n) is 4.49. The molecule has 0 rings (SSSR count). The van der Waals surface area contributed by atoms with E-state index in [0.717, 1.165) is 0 Å². The molecule has 0 unspecified atom stereocenters. The molecule has 0 saturated heterocycles. The van der Waals surface area contributed by atoms with Gasteiger partial charge in [0, 0.05) is 0 Å². The highest BCUT2D eigenvalue weighted by atomic mass is 35.5. The number of rotatable bonds is 6. The van der Waals surface area contributed by atoms with Crippen molar-refractivity contribution in [3.8, 4) is 0 Å². The van der Waals surface area contributed by atoms with Gasteiger partial charge in [0.05, 0.1) is 0 Å². The fourth-order valence-electron chi connectivity index (χ4n) is 0.968. The van der Waals surface area contributed by atoms with Crippen molar-refractivity contribution in [2.75, 3.05) is 20.1 Å². The third-order valence-corrected chi connectivity index (χ3v) is 1.79. The van der Waals surface area contributed by atoms with E-state index in [2.05, 4.69) is 25.8 Å². The fraction of sp³-hybridized carbons (Fsp3) is 1.00. The summed E-state index contributed by atoms with van der Waals surface area (Å²) >= 11 is 0. The van der Waals surface area contributed by atoms with Gasteiger partial charge in [-0.15, -0.1) is 12.4 Å². The molecule has 0 spiro atoms. The van der Waals surface area contributed by atoms with Gasteiger partial charge < -0.3 is 4.90 Å². The Morgan fingerprint density at radius 1 is 0.909 bits per heavy atom. The standard InChI is InChI=1S/C9H21N.ClH/c1-4-6-8-10(3)9-7-5-2;/h4-9H2,1-3H3;1H. The molecule has 0 fully saturated rings. The van der Waals surface area contributed by atoms with Gasteiger partial charge in [0.15, 0.2) is 0 Å². The Labute approximate surface area is 77.6 Å². The Balaban J connectivity index is 0. The molecule has 0 atom stereocenters. The summed E-state index contributed by atoms with van der Waals surface area (Å²) in [5.41, 5.74) is 0. The normalized spacial score (nSPS) is 9.82. The molecule has 0 N–H and O–H groups in total. The van der Waals surface area contributed by atoms with Crippen molar-refractivity contribution >= 4 is 12.4 Å². The number of hydrogen-bond acceptors (Lipinski definition) is 1. The molecule has 1 nitrogen and oxygen atoms in total. The van der Waals surface area contributed by atoms with Gasteiger partial charge in [0.1, 0.15) is 0 Å². The van der Waals surface area contributed by atoms with Gasteiger partial charge in [-0.1, -0.05) is 26.7 Å². The SMILES string of the molecule is CCCCN(C)CCCC.Cl. The lowest BCUT2D eigenvalue weighted by Gasteiger charge is -2.14. The smallest absolute Gasteiger partial charge is 0.00219 e. The largest absolute Gasteiger partial charge is 0.306 e. The van der Waals surface area contributed by atoms with E-state index in [1.807, 2.05) is 0 Å². The first-order valence-corrected chi connectivity index (χ1v) is 4.49. The summed E-state index contributed by atoms with van der Waals surface area (Å²) in [6, 6.07) is 0. The second-order valence-electron chi connectivity index (χ2n) is 3.01. The van der Waals surface area contributed by atoms with Crippen LogP contribution in [-0.4, -0.2) is 25.0 Å². The summed E-state index contributed by atoms with van der Waals surface area (Å²) in [7, 11) is 2.21. The van der Waals surface area contributed by atoms with Crippen LogP contribution in [0.25, 0.3) is 0 Å². The van der Waals surface area contributed by atoms with Crippen LogP contribution in [0.5, 0.6) is 0 Å². The fourth-order valence-corrected chi connectivity index (χ4v) is 0.968. The van der Waals surface area contributed by atoms with Crippen LogP contribution in [-0.2, 0) is 0 Å². The Bertz CT molecular complexity index is 58.6. The lowest BCUT2D eigenvalue weighted by atomic mass is 10.3. The van der Waals surface area contributed by atoms with Crippen molar-refractivity contribution < 1.29 is 0 Å². The third-order valence-electron chi connectivity index (χ3n) is 1.79. The summed E-state index contributed by atoms with van der Waals surface area (Å²) in [5.74, 6) is 0. The predicted molar refractivity (Wildman–Crippen MR) is 54.6 cm³/mol. The lowest BCUT2D eigenvalue weighted by molar-refractivity contribution is 0.322. The molecule has 0 aromatic rings. The maximum absolute atomic E-state index is 2.42. The van der Waals surface area contributed by atoms with Crippen molar-refractivity contribution in [3.63, 3.8) is 0 Å².